The van der Waals surface area contributed by atoms with Crippen LogP contribution in [0, 0.1) is 63.6 Å². The second kappa shape index (κ2) is 10.1. The second-order valence-electron chi connectivity index (χ2n) is 14.4. The number of fused-ring (bicyclic) bond motifs is 7. The normalized spacial score (nSPS) is 48.0. The lowest BCUT2D eigenvalue weighted by Crippen LogP contribution is -2.54. The van der Waals surface area contributed by atoms with E-state index in [1.807, 2.05) is 0 Å². The highest BCUT2D eigenvalue weighted by Crippen LogP contribution is 2.71. The van der Waals surface area contributed by atoms with Gasteiger partial charge >= 0.3 is 11.9 Å². The van der Waals surface area contributed by atoms with E-state index >= 15 is 0 Å². The van der Waals surface area contributed by atoms with Crippen LogP contribution in [0.5, 0.6) is 0 Å². The molecule has 12 atom stereocenters. The van der Waals surface area contributed by atoms with Crippen molar-refractivity contribution in [1.82, 2.24) is 0 Å². The number of carbonyl (C=O) groups is 2. The molecule has 0 N–H and O–H groups in total. The Kier molecular flexibility index (Phi) is 7.42. The minimum atomic E-state index is -0.733. The molecule has 1 saturated heterocycles. The molecule has 4 aliphatic carbocycles. The zero-order chi connectivity index (χ0) is 27.5. The van der Waals surface area contributed by atoms with Crippen LogP contribution in [-0.4, -0.2) is 36.4 Å². The van der Waals surface area contributed by atoms with Crippen LogP contribution in [0.3, 0.4) is 0 Å². The number of hydrogen-bond donors (Lipinski definition) is 0. The molecule has 0 aromatic rings. The van der Waals surface area contributed by atoms with E-state index in [1.54, 1.807) is 0 Å². The molecule has 1 heterocycles. The highest BCUT2D eigenvalue weighted by atomic mass is 16.5. The second-order valence-corrected chi connectivity index (χ2v) is 14.4. The molecule has 0 bridgehead atoms. The largest absolute Gasteiger partial charge is 0.466 e. The maximum atomic E-state index is 11.6. The van der Waals surface area contributed by atoms with Gasteiger partial charge in [-0.15, -0.1) is 0 Å². The predicted molar refractivity (Wildman–Crippen MR) is 144 cm³/mol. The third kappa shape index (κ3) is 4.49. The van der Waals surface area contributed by atoms with Crippen LogP contribution in [0.4, 0.5) is 0 Å². The van der Waals surface area contributed by atoms with Gasteiger partial charge in [-0.25, -0.2) is 0 Å². The molecule has 5 aliphatic rings. The summed E-state index contributed by atoms with van der Waals surface area (Å²) in [6, 6.07) is 2.64. The van der Waals surface area contributed by atoms with Crippen LogP contribution >= 0.6 is 0 Å². The third-order valence-electron chi connectivity index (χ3n) is 12.4. The molecule has 0 spiro atoms. The maximum Gasteiger partial charge on any atom is 0.302 e. The quantitative estimate of drug-likeness (QED) is 0.368. The fourth-order valence-corrected chi connectivity index (χ4v) is 10.5. The number of nitriles is 1. The number of nitrogens with zero attached hydrogens (tertiary/aromatic N) is 1. The summed E-state index contributed by atoms with van der Waals surface area (Å²) in [5.41, 5.74) is -0.158. The lowest BCUT2D eigenvalue weighted by molar-refractivity contribution is -0.161. The Balaban J connectivity index is 1.28. The third-order valence-corrected chi connectivity index (χ3v) is 12.4. The Hall–Kier alpha value is -1.61. The van der Waals surface area contributed by atoms with E-state index in [1.165, 1.54) is 46.0 Å². The van der Waals surface area contributed by atoms with Crippen LogP contribution in [0.2, 0.25) is 0 Å². The number of ether oxygens (including phenoxy) is 3. The van der Waals surface area contributed by atoms with Gasteiger partial charge in [-0.1, -0.05) is 27.7 Å². The standard InChI is InChI=1S/C32H49NO5/c1-19(17-36-21(3)34)9-14-32(18-33)20(2)29-28(38-32)16-27-25-8-7-23-15-24(37-22(4)35)10-12-30(23,5)26(25)11-13-31(27,29)6/h19-20,23-29H,7-17H2,1-6H3/t19-,20-,23+,24-,25+,26-,27-,28-,29-,30-,31-,32-/m0/s1. The first kappa shape index (κ1) is 27.9. The van der Waals surface area contributed by atoms with Crippen molar-refractivity contribution in [2.75, 3.05) is 6.61 Å². The molecule has 0 aromatic carbocycles. The molecule has 1 aliphatic heterocycles. The molecule has 6 nitrogen and oxygen atoms in total. The van der Waals surface area contributed by atoms with Gasteiger partial charge in [0.05, 0.1) is 18.8 Å². The average Bonchev–Trinajstić information content (AvgIpc) is 3.31. The molecule has 0 unspecified atom stereocenters. The average molecular weight is 528 g/mol. The van der Waals surface area contributed by atoms with Crippen molar-refractivity contribution in [3.05, 3.63) is 0 Å². The molecule has 38 heavy (non-hydrogen) atoms. The lowest BCUT2D eigenvalue weighted by Gasteiger charge is -2.61. The summed E-state index contributed by atoms with van der Waals surface area (Å²) in [4.78, 5) is 22.8. The van der Waals surface area contributed by atoms with Crippen molar-refractivity contribution in [2.24, 2.45) is 52.3 Å². The van der Waals surface area contributed by atoms with Crippen molar-refractivity contribution in [1.29, 1.82) is 5.26 Å². The summed E-state index contributed by atoms with van der Waals surface area (Å²) < 4.78 is 17.7. The van der Waals surface area contributed by atoms with Gasteiger partial charge in [0.2, 0.25) is 0 Å². The van der Waals surface area contributed by atoms with Gasteiger partial charge in [0.15, 0.2) is 5.60 Å². The number of esters is 2. The van der Waals surface area contributed by atoms with Crippen LogP contribution in [0.1, 0.15) is 106 Å². The molecule has 4 saturated carbocycles. The smallest absolute Gasteiger partial charge is 0.302 e. The zero-order valence-electron chi connectivity index (χ0n) is 24.5. The molecule has 5 fully saturated rings. The molecular formula is C32H49NO5. The van der Waals surface area contributed by atoms with Gasteiger partial charge in [0.1, 0.15) is 6.10 Å². The highest BCUT2D eigenvalue weighted by molar-refractivity contribution is 5.66. The zero-order valence-corrected chi connectivity index (χ0v) is 24.5. The van der Waals surface area contributed by atoms with E-state index in [0.29, 0.717) is 36.2 Å². The summed E-state index contributed by atoms with van der Waals surface area (Å²) >= 11 is 0. The summed E-state index contributed by atoms with van der Waals surface area (Å²) in [6.45, 7) is 12.8. The van der Waals surface area contributed by atoms with Crippen LogP contribution < -0.4 is 0 Å². The molecular weight excluding hydrogens is 478 g/mol. The number of rotatable bonds is 6. The molecule has 6 heteroatoms. The van der Waals surface area contributed by atoms with E-state index in [2.05, 4.69) is 33.8 Å². The summed E-state index contributed by atoms with van der Waals surface area (Å²) in [7, 11) is 0. The van der Waals surface area contributed by atoms with Crippen molar-refractivity contribution < 1.29 is 23.8 Å². The molecule has 0 radical (unpaired) electrons. The topological polar surface area (TPSA) is 85.6 Å². The number of carbonyl (C=O) groups excluding carboxylic acids is 2. The maximum absolute atomic E-state index is 11.6. The first-order chi connectivity index (χ1) is 17.9. The molecule has 212 valence electrons. The Morgan fingerprint density at radius 2 is 1.76 bits per heavy atom. The van der Waals surface area contributed by atoms with Gasteiger partial charge in [0, 0.05) is 19.8 Å². The minimum absolute atomic E-state index is 0.104. The monoisotopic (exact) mass is 527 g/mol. The van der Waals surface area contributed by atoms with Crippen molar-refractivity contribution in [3.63, 3.8) is 0 Å². The van der Waals surface area contributed by atoms with E-state index in [-0.39, 0.29) is 41.4 Å². The van der Waals surface area contributed by atoms with Crippen LogP contribution in [0.25, 0.3) is 0 Å². The van der Waals surface area contributed by atoms with Crippen LogP contribution in [-0.2, 0) is 23.8 Å². The van der Waals surface area contributed by atoms with Crippen molar-refractivity contribution in [2.45, 2.75) is 124 Å². The fourth-order valence-electron chi connectivity index (χ4n) is 10.5. The summed E-state index contributed by atoms with van der Waals surface area (Å²) in [5, 5.41) is 10.4. The van der Waals surface area contributed by atoms with Gasteiger partial charge in [-0.2, -0.15) is 5.26 Å². The molecule has 0 aromatic heterocycles. The lowest BCUT2D eigenvalue weighted by atomic mass is 9.44. The SMILES string of the molecule is CC(=O)OC[C@@H](C)CC[C@@]1(C#N)O[C@H]2C[C@H]3[C@@H]4CC[C@@H]5C[C@@H](OC(C)=O)CC[C@]5(C)[C@H]4CC[C@]3(C)[C@H]2[C@@H]1C. The van der Waals surface area contributed by atoms with E-state index in [9.17, 15) is 14.9 Å². The van der Waals surface area contributed by atoms with Gasteiger partial charge in [0.25, 0.3) is 0 Å². The van der Waals surface area contributed by atoms with Gasteiger partial charge in [-0.05, 0) is 111 Å². The van der Waals surface area contributed by atoms with Crippen molar-refractivity contribution in [3.8, 4) is 6.07 Å². The summed E-state index contributed by atoms with van der Waals surface area (Å²) in [6.07, 6.45) is 11.1. The Morgan fingerprint density at radius 3 is 2.45 bits per heavy atom. The Labute approximate surface area is 229 Å². The number of hydrogen-bond acceptors (Lipinski definition) is 6. The molecule has 5 rings (SSSR count). The van der Waals surface area contributed by atoms with E-state index in [4.69, 9.17) is 14.2 Å². The predicted octanol–water partition coefficient (Wildman–Crippen LogP) is 6.46. The Morgan fingerprint density at radius 1 is 1.03 bits per heavy atom. The van der Waals surface area contributed by atoms with Crippen molar-refractivity contribution >= 4 is 11.9 Å². The fraction of sp³-hybridized carbons (Fsp3) is 0.906. The highest BCUT2D eigenvalue weighted by Gasteiger charge is 2.68. The minimum Gasteiger partial charge on any atom is -0.466 e. The van der Waals surface area contributed by atoms with E-state index < -0.39 is 5.60 Å². The first-order valence-corrected chi connectivity index (χ1v) is 15.3. The summed E-state index contributed by atoms with van der Waals surface area (Å²) in [5.74, 6) is 3.27. The van der Waals surface area contributed by atoms with Gasteiger partial charge in [-0.3, -0.25) is 9.59 Å². The van der Waals surface area contributed by atoms with Gasteiger partial charge < -0.3 is 14.2 Å². The van der Waals surface area contributed by atoms with Crippen LogP contribution in [0.15, 0.2) is 0 Å². The molecule has 0 amide bonds. The first-order valence-electron chi connectivity index (χ1n) is 15.3. The Bertz CT molecular complexity index is 975. The van der Waals surface area contributed by atoms with E-state index in [0.717, 1.165) is 37.5 Å².